The molecule has 2 aromatic rings. The first-order valence-corrected chi connectivity index (χ1v) is 6.05. The molecule has 2 heterocycles. The summed E-state index contributed by atoms with van der Waals surface area (Å²) >= 11 is 0. The van der Waals surface area contributed by atoms with Crippen LogP contribution >= 0.6 is 0 Å². The van der Waals surface area contributed by atoms with Crippen LogP contribution < -0.4 is 11.1 Å². The Morgan fingerprint density at radius 2 is 2.22 bits per heavy atom. The lowest BCUT2D eigenvalue weighted by Crippen LogP contribution is -2.24. The summed E-state index contributed by atoms with van der Waals surface area (Å²) in [6, 6.07) is -0.0696. The molecule has 0 aliphatic heterocycles. The summed E-state index contributed by atoms with van der Waals surface area (Å²) in [6.45, 7) is 4.79. The summed E-state index contributed by atoms with van der Waals surface area (Å²) in [5.74, 6) is 0.776. The molecule has 7 heteroatoms. The van der Waals surface area contributed by atoms with E-state index in [4.69, 9.17) is 10.8 Å². The van der Waals surface area contributed by atoms with E-state index in [0.29, 0.717) is 22.9 Å². The first kappa shape index (κ1) is 12.6. The number of aliphatic hydroxyl groups is 1. The molecular weight excluding hydrogens is 232 g/mol. The van der Waals surface area contributed by atoms with Crippen LogP contribution in [-0.4, -0.2) is 37.3 Å². The molecule has 1 atom stereocenters. The van der Waals surface area contributed by atoms with Gasteiger partial charge in [-0.2, -0.15) is 9.97 Å². The van der Waals surface area contributed by atoms with E-state index in [0.717, 1.165) is 13.0 Å². The van der Waals surface area contributed by atoms with Crippen LogP contribution in [0.4, 0.5) is 11.8 Å². The van der Waals surface area contributed by atoms with E-state index >= 15 is 0 Å². The van der Waals surface area contributed by atoms with E-state index in [1.54, 1.807) is 6.33 Å². The maximum Gasteiger partial charge on any atom is 0.227 e. The maximum absolute atomic E-state index is 9.16. The predicted octanol–water partition coefficient (Wildman–Crippen LogP) is 0.611. The van der Waals surface area contributed by atoms with Gasteiger partial charge in [-0.15, -0.1) is 0 Å². The van der Waals surface area contributed by atoms with E-state index < -0.39 is 0 Å². The minimum atomic E-state index is -0.0696. The minimum Gasteiger partial charge on any atom is -0.394 e. The van der Waals surface area contributed by atoms with Gasteiger partial charge < -0.3 is 20.7 Å². The van der Waals surface area contributed by atoms with Crippen molar-refractivity contribution >= 4 is 22.9 Å². The van der Waals surface area contributed by atoms with Crippen LogP contribution in [-0.2, 0) is 6.54 Å². The molecule has 18 heavy (non-hydrogen) atoms. The molecule has 0 aliphatic carbocycles. The molecule has 0 amide bonds. The van der Waals surface area contributed by atoms with Crippen molar-refractivity contribution in [3.8, 4) is 0 Å². The number of aryl methyl sites for hydroxylation is 1. The number of aliphatic hydroxyl groups excluding tert-OH is 1. The highest BCUT2D eigenvalue weighted by Crippen LogP contribution is 2.18. The second-order valence-electron chi connectivity index (χ2n) is 4.07. The molecule has 0 aromatic carbocycles. The molecule has 2 aromatic heterocycles. The van der Waals surface area contributed by atoms with E-state index in [1.807, 2.05) is 18.4 Å². The van der Waals surface area contributed by atoms with Crippen LogP contribution in [0, 0.1) is 0 Å². The zero-order valence-electron chi connectivity index (χ0n) is 10.6. The van der Waals surface area contributed by atoms with Gasteiger partial charge in [0.05, 0.1) is 19.0 Å². The molecule has 0 saturated heterocycles. The lowest BCUT2D eigenvalue weighted by molar-refractivity contribution is 0.271. The topological polar surface area (TPSA) is 102 Å². The first-order valence-electron chi connectivity index (χ1n) is 6.05. The van der Waals surface area contributed by atoms with E-state index in [-0.39, 0.29) is 12.6 Å². The van der Waals surface area contributed by atoms with Crippen molar-refractivity contribution in [1.82, 2.24) is 19.5 Å². The van der Waals surface area contributed by atoms with Crippen LogP contribution in [0.25, 0.3) is 11.2 Å². The standard InChI is InChI=1S/C11H18N6O/c1-3-7(5-18)14-11-15-9(12)8-10(16-11)17(4-2)6-13-8/h6-7,18H,3-5H2,1-2H3,(H3,12,14,15,16)/t7-/m0/s1. The number of aromatic nitrogens is 4. The van der Waals surface area contributed by atoms with Gasteiger partial charge in [0, 0.05) is 6.54 Å². The van der Waals surface area contributed by atoms with Crippen molar-refractivity contribution in [2.75, 3.05) is 17.7 Å². The first-order chi connectivity index (χ1) is 8.69. The third-order valence-electron chi connectivity index (χ3n) is 2.88. The van der Waals surface area contributed by atoms with Crippen LogP contribution in [0.1, 0.15) is 20.3 Å². The van der Waals surface area contributed by atoms with E-state index in [1.165, 1.54) is 0 Å². The average molecular weight is 250 g/mol. The van der Waals surface area contributed by atoms with Crippen molar-refractivity contribution < 1.29 is 5.11 Å². The average Bonchev–Trinajstić information content (AvgIpc) is 2.79. The van der Waals surface area contributed by atoms with Crippen molar-refractivity contribution in [2.24, 2.45) is 0 Å². The zero-order valence-corrected chi connectivity index (χ0v) is 10.6. The summed E-state index contributed by atoms with van der Waals surface area (Å²) in [6.07, 6.45) is 2.48. The Kier molecular flexibility index (Phi) is 3.61. The Bertz CT molecular complexity index is 534. The van der Waals surface area contributed by atoms with Gasteiger partial charge in [-0.1, -0.05) is 6.92 Å². The Labute approximate surface area is 105 Å². The molecule has 0 unspecified atom stereocenters. The predicted molar refractivity (Wildman–Crippen MR) is 70.2 cm³/mol. The van der Waals surface area contributed by atoms with Crippen LogP contribution in [0.5, 0.6) is 0 Å². The molecule has 0 bridgehead atoms. The maximum atomic E-state index is 9.16. The number of nitrogens with zero attached hydrogens (tertiary/aromatic N) is 4. The van der Waals surface area contributed by atoms with Gasteiger partial charge in [-0.25, -0.2) is 4.98 Å². The SMILES string of the molecule is CC[C@@H](CO)Nc1nc(N)c2ncn(CC)c2n1. The summed E-state index contributed by atoms with van der Waals surface area (Å²) in [5, 5.41) is 12.2. The smallest absolute Gasteiger partial charge is 0.227 e. The highest BCUT2D eigenvalue weighted by atomic mass is 16.3. The van der Waals surface area contributed by atoms with Gasteiger partial charge >= 0.3 is 0 Å². The fourth-order valence-electron chi connectivity index (χ4n) is 1.72. The highest BCUT2D eigenvalue weighted by Gasteiger charge is 2.12. The zero-order chi connectivity index (χ0) is 13.1. The molecule has 0 fully saturated rings. The molecule has 2 rings (SSSR count). The van der Waals surface area contributed by atoms with Crippen molar-refractivity contribution in [2.45, 2.75) is 32.9 Å². The fourth-order valence-corrected chi connectivity index (χ4v) is 1.72. The molecule has 98 valence electrons. The summed E-state index contributed by atoms with van der Waals surface area (Å²) in [7, 11) is 0. The Hall–Kier alpha value is -1.89. The van der Waals surface area contributed by atoms with Crippen LogP contribution in [0.15, 0.2) is 6.33 Å². The number of fused-ring (bicyclic) bond motifs is 1. The lowest BCUT2D eigenvalue weighted by Gasteiger charge is -2.14. The number of nitrogens with one attached hydrogen (secondary N) is 1. The summed E-state index contributed by atoms with van der Waals surface area (Å²) in [5.41, 5.74) is 7.17. The van der Waals surface area contributed by atoms with Gasteiger partial charge in [0.1, 0.15) is 5.52 Å². The molecule has 0 aliphatic rings. The van der Waals surface area contributed by atoms with Crippen LogP contribution in [0.2, 0.25) is 0 Å². The quantitative estimate of drug-likeness (QED) is 0.718. The normalized spacial score (nSPS) is 12.8. The third-order valence-corrected chi connectivity index (χ3v) is 2.88. The number of rotatable bonds is 5. The number of hydrogen-bond acceptors (Lipinski definition) is 6. The van der Waals surface area contributed by atoms with Gasteiger partial charge in [0.25, 0.3) is 0 Å². The number of hydrogen-bond donors (Lipinski definition) is 3. The highest BCUT2D eigenvalue weighted by molar-refractivity contribution is 5.82. The third kappa shape index (κ3) is 2.21. The minimum absolute atomic E-state index is 0.0326. The second-order valence-corrected chi connectivity index (χ2v) is 4.07. The van der Waals surface area contributed by atoms with Gasteiger partial charge in [0.2, 0.25) is 5.95 Å². The molecule has 0 radical (unpaired) electrons. The Morgan fingerprint density at radius 3 is 2.83 bits per heavy atom. The largest absolute Gasteiger partial charge is 0.394 e. The molecular formula is C11H18N6O. The van der Waals surface area contributed by atoms with Gasteiger partial charge in [0.15, 0.2) is 11.5 Å². The molecule has 0 saturated carbocycles. The van der Waals surface area contributed by atoms with E-state index in [2.05, 4.69) is 20.3 Å². The Balaban J connectivity index is 2.40. The fraction of sp³-hybridized carbons (Fsp3) is 0.545. The number of imidazole rings is 1. The Morgan fingerprint density at radius 1 is 1.44 bits per heavy atom. The summed E-state index contributed by atoms with van der Waals surface area (Å²) in [4.78, 5) is 12.7. The monoisotopic (exact) mass is 250 g/mol. The number of anilines is 2. The summed E-state index contributed by atoms with van der Waals surface area (Å²) < 4.78 is 1.90. The van der Waals surface area contributed by atoms with Gasteiger partial charge in [-0.05, 0) is 13.3 Å². The lowest BCUT2D eigenvalue weighted by atomic mass is 10.2. The van der Waals surface area contributed by atoms with Crippen molar-refractivity contribution in [3.63, 3.8) is 0 Å². The van der Waals surface area contributed by atoms with Gasteiger partial charge in [-0.3, -0.25) is 0 Å². The van der Waals surface area contributed by atoms with Crippen molar-refractivity contribution in [1.29, 1.82) is 0 Å². The molecule has 0 spiro atoms. The number of nitrogen functional groups attached to an aromatic ring is 1. The number of nitrogens with two attached hydrogens (primary N) is 1. The second kappa shape index (κ2) is 5.18. The van der Waals surface area contributed by atoms with Crippen LogP contribution in [0.3, 0.4) is 0 Å². The van der Waals surface area contributed by atoms with Crippen molar-refractivity contribution in [3.05, 3.63) is 6.33 Å². The van der Waals surface area contributed by atoms with E-state index in [9.17, 15) is 0 Å². The molecule has 7 nitrogen and oxygen atoms in total. The molecule has 4 N–H and O–H groups in total.